The van der Waals surface area contributed by atoms with Crippen LogP contribution in [0.3, 0.4) is 0 Å². The lowest BCUT2D eigenvalue weighted by molar-refractivity contribution is 0.00224. The van der Waals surface area contributed by atoms with E-state index in [1.165, 1.54) is 44.9 Å². The van der Waals surface area contributed by atoms with Gasteiger partial charge in [0.2, 0.25) is 0 Å². The van der Waals surface area contributed by atoms with E-state index in [0.29, 0.717) is 6.42 Å². The van der Waals surface area contributed by atoms with Gasteiger partial charge in [0, 0.05) is 6.61 Å². The zero-order valence-corrected chi connectivity index (χ0v) is 11.9. The molecule has 0 saturated heterocycles. The molecule has 2 heteroatoms. The van der Waals surface area contributed by atoms with Crippen molar-refractivity contribution in [3.05, 3.63) is 0 Å². The number of unbranched alkanes of at least 4 members (excludes halogenated alkanes) is 7. The molecule has 0 aliphatic rings. The van der Waals surface area contributed by atoms with Gasteiger partial charge in [-0.2, -0.15) is 0 Å². The Hall–Kier alpha value is -0.0800. The number of rotatable bonds is 12. The molecule has 0 fully saturated rings. The van der Waals surface area contributed by atoms with E-state index in [2.05, 4.69) is 6.92 Å². The molecule has 0 aliphatic heterocycles. The average Bonchev–Trinajstić information content (AvgIpc) is 2.33. The molecule has 2 N–H and O–H groups in total. The molecular formula is C15H32O2. The third kappa shape index (κ3) is 9.61. The van der Waals surface area contributed by atoms with Crippen molar-refractivity contribution < 1.29 is 10.2 Å². The van der Waals surface area contributed by atoms with Gasteiger partial charge in [0.05, 0.1) is 5.60 Å². The van der Waals surface area contributed by atoms with Crippen LogP contribution < -0.4 is 0 Å². The quantitative estimate of drug-likeness (QED) is 0.509. The number of hydrogen-bond donors (Lipinski definition) is 2. The lowest BCUT2D eigenvalue weighted by Crippen LogP contribution is -2.28. The summed E-state index contributed by atoms with van der Waals surface area (Å²) in [6, 6.07) is 0. The zero-order valence-electron chi connectivity index (χ0n) is 11.9. The number of aliphatic hydroxyl groups excluding tert-OH is 1. The van der Waals surface area contributed by atoms with Crippen LogP contribution in [0.25, 0.3) is 0 Å². The van der Waals surface area contributed by atoms with E-state index in [4.69, 9.17) is 5.11 Å². The molecule has 0 spiro atoms. The summed E-state index contributed by atoms with van der Waals surface area (Å²) in [6.07, 6.45) is 12.5. The fourth-order valence-electron chi connectivity index (χ4n) is 2.27. The third-order valence-corrected chi connectivity index (χ3v) is 3.73. The molecule has 0 rings (SSSR count). The molecule has 0 radical (unpaired) electrons. The summed E-state index contributed by atoms with van der Waals surface area (Å²) >= 11 is 0. The Labute approximate surface area is 107 Å². The third-order valence-electron chi connectivity index (χ3n) is 3.73. The molecule has 0 bridgehead atoms. The van der Waals surface area contributed by atoms with E-state index < -0.39 is 5.60 Å². The first-order chi connectivity index (χ1) is 8.18. The minimum Gasteiger partial charge on any atom is -0.396 e. The van der Waals surface area contributed by atoms with Crippen molar-refractivity contribution in [3.63, 3.8) is 0 Å². The molecule has 104 valence electrons. The summed E-state index contributed by atoms with van der Waals surface area (Å²) in [4.78, 5) is 0. The number of hydrogen-bond acceptors (Lipinski definition) is 2. The molecule has 0 aromatic heterocycles. The Morgan fingerprint density at radius 3 is 1.76 bits per heavy atom. The van der Waals surface area contributed by atoms with Crippen molar-refractivity contribution in [1.82, 2.24) is 0 Å². The molecule has 1 atom stereocenters. The second-order valence-electron chi connectivity index (χ2n) is 5.28. The standard InChI is InChI=1S/C15H32O2/c1-3-5-6-7-8-9-10-11-12-15(17,4-2)13-14-16/h16-17H,3-14H2,1-2H3. The van der Waals surface area contributed by atoms with Crippen LogP contribution in [0.4, 0.5) is 0 Å². The van der Waals surface area contributed by atoms with E-state index in [1.807, 2.05) is 6.92 Å². The summed E-state index contributed by atoms with van der Waals surface area (Å²) in [5.74, 6) is 0. The van der Waals surface area contributed by atoms with Gasteiger partial charge in [-0.3, -0.25) is 0 Å². The van der Waals surface area contributed by atoms with Gasteiger partial charge in [-0.15, -0.1) is 0 Å². The predicted molar refractivity (Wildman–Crippen MR) is 74.2 cm³/mol. The van der Waals surface area contributed by atoms with Gasteiger partial charge in [-0.1, -0.05) is 65.2 Å². The maximum Gasteiger partial charge on any atom is 0.0667 e. The summed E-state index contributed by atoms with van der Waals surface area (Å²) < 4.78 is 0. The van der Waals surface area contributed by atoms with Crippen LogP contribution in [0.2, 0.25) is 0 Å². The summed E-state index contributed by atoms with van der Waals surface area (Å²) in [5.41, 5.74) is -0.614. The second kappa shape index (κ2) is 11.0. The fourth-order valence-corrected chi connectivity index (χ4v) is 2.27. The first kappa shape index (κ1) is 16.9. The average molecular weight is 244 g/mol. The lowest BCUT2D eigenvalue weighted by Gasteiger charge is -2.25. The Morgan fingerprint density at radius 1 is 0.765 bits per heavy atom. The van der Waals surface area contributed by atoms with Crippen LogP contribution in [0.15, 0.2) is 0 Å². The molecular weight excluding hydrogens is 212 g/mol. The second-order valence-corrected chi connectivity index (χ2v) is 5.28. The van der Waals surface area contributed by atoms with Crippen molar-refractivity contribution >= 4 is 0 Å². The molecule has 17 heavy (non-hydrogen) atoms. The molecule has 0 aromatic carbocycles. The van der Waals surface area contributed by atoms with Gasteiger partial charge in [0.25, 0.3) is 0 Å². The van der Waals surface area contributed by atoms with Gasteiger partial charge >= 0.3 is 0 Å². The Bertz CT molecular complexity index is 159. The zero-order chi connectivity index (χ0) is 13.0. The molecule has 0 saturated carbocycles. The highest BCUT2D eigenvalue weighted by Gasteiger charge is 2.22. The van der Waals surface area contributed by atoms with E-state index in [0.717, 1.165) is 19.3 Å². The van der Waals surface area contributed by atoms with Crippen molar-refractivity contribution in [3.8, 4) is 0 Å². The molecule has 0 amide bonds. The monoisotopic (exact) mass is 244 g/mol. The summed E-state index contributed by atoms with van der Waals surface area (Å²) in [5, 5.41) is 19.0. The van der Waals surface area contributed by atoms with Crippen molar-refractivity contribution in [2.45, 2.75) is 90.1 Å². The topological polar surface area (TPSA) is 40.5 Å². The normalized spacial score (nSPS) is 14.8. The van der Waals surface area contributed by atoms with E-state index in [9.17, 15) is 5.11 Å². The van der Waals surface area contributed by atoms with Crippen molar-refractivity contribution in [2.75, 3.05) is 6.61 Å². The van der Waals surface area contributed by atoms with Crippen molar-refractivity contribution in [1.29, 1.82) is 0 Å². The van der Waals surface area contributed by atoms with Crippen LogP contribution in [0.1, 0.15) is 84.5 Å². The first-order valence-corrected chi connectivity index (χ1v) is 7.51. The molecule has 0 heterocycles. The lowest BCUT2D eigenvalue weighted by atomic mass is 9.90. The van der Waals surface area contributed by atoms with E-state index in [1.54, 1.807) is 0 Å². The Balaban J connectivity index is 3.37. The molecule has 2 nitrogen and oxygen atoms in total. The smallest absolute Gasteiger partial charge is 0.0667 e. The maximum absolute atomic E-state index is 10.1. The van der Waals surface area contributed by atoms with Crippen LogP contribution >= 0.6 is 0 Å². The molecule has 1 unspecified atom stereocenters. The highest BCUT2D eigenvalue weighted by atomic mass is 16.3. The maximum atomic E-state index is 10.1. The molecule has 0 aliphatic carbocycles. The first-order valence-electron chi connectivity index (χ1n) is 7.51. The SMILES string of the molecule is CCCCCCCCCCC(O)(CC)CCO. The van der Waals surface area contributed by atoms with Crippen LogP contribution in [0, 0.1) is 0 Å². The van der Waals surface area contributed by atoms with Crippen LogP contribution in [0.5, 0.6) is 0 Å². The fraction of sp³-hybridized carbons (Fsp3) is 1.00. The summed E-state index contributed by atoms with van der Waals surface area (Å²) in [6.45, 7) is 4.34. The van der Waals surface area contributed by atoms with Crippen LogP contribution in [-0.2, 0) is 0 Å². The minimum atomic E-state index is -0.614. The number of aliphatic hydroxyl groups is 2. The van der Waals surface area contributed by atoms with Crippen molar-refractivity contribution in [2.24, 2.45) is 0 Å². The predicted octanol–water partition coefficient (Wildman–Crippen LogP) is 4.04. The van der Waals surface area contributed by atoms with Crippen LogP contribution in [-0.4, -0.2) is 22.4 Å². The Kier molecular flexibility index (Phi) is 11.0. The van der Waals surface area contributed by atoms with Gasteiger partial charge in [-0.25, -0.2) is 0 Å². The minimum absolute atomic E-state index is 0.0986. The van der Waals surface area contributed by atoms with Gasteiger partial charge in [-0.05, 0) is 19.3 Å². The highest BCUT2D eigenvalue weighted by molar-refractivity contribution is 4.76. The van der Waals surface area contributed by atoms with Gasteiger partial charge in [0.15, 0.2) is 0 Å². The van der Waals surface area contributed by atoms with Gasteiger partial charge in [0.1, 0.15) is 0 Å². The highest BCUT2D eigenvalue weighted by Crippen LogP contribution is 2.23. The Morgan fingerprint density at radius 2 is 1.29 bits per heavy atom. The van der Waals surface area contributed by atoms with E-state index >= 15 is 0 Å². The van der Waals surface area contributed by atoms with E-state index in [-0.39, 0.29) is 6.61 Å². The summed E-state index contributed by atoms with van der Waals surface area (Å²) in [7, 11) is 0. The molecule has 0 aromatic rings. The van der Waals surface area contributed by atoms with Gasteiger partial charge < -0.3 is 10.2 Å². The largest absolute Gasteiger partial charge is 0.396 e.